The van der Waals surface area contributed by atoms with Gasteiger partial charge in [0.05, 0.1) is 12.6 Å². The van der Waals surface area contributed by atoms with E-state index < -0.39 is 12.0 Å². The molecule has 0 saturated carbocycles. The molecule has 0 amide bonds. The van der Waals surface area contributed by atoms with E-state index in [4.69, 9.17) is 14.2 Å². The van der Waals surface area contributed by atoms with Gasteiger partial charge in [0.25, 0.3) is 12.0 Å². The molecule has 0 fully saturated rings. The molecule has 3 aromatic rings. The van der Waals surface area contributed by atoms with Gasteiger partial charge in [0, 0.05) is 18.8 Å². The fraction of sp³-hybridized carbons (Fsp3) is 0.429. The van der Waals surface area contributed by atoms with Crippen LogP contribution < -0.4 is 10.3 Å². The third-order valence-electron chi connectivity index (χ3n) is 4.60. The van der Waals surface area contributed by atoms with Gasteiger partial charge in [-0.2, -0.15) is 0 Å². The molecule has 30 heavy (non-hydrogen) atoms. The van der Waals surface area contributed by atoms with Crippen molar-refractivity contribution in [1.29, 1.82) is 0 Å². The minimum atomic E-state index is -0.801. The van der Waals surface area contributed by atoms with Gasteiger partial charge in [-0.05, 0) is 25.3 Å². The Hall–Kier alpha value is -2.88. The summed E-state index contributed by atoms with van der Waals surface area (Å²) in [6.45, 7) is 5.89. The van der Waals surface area contributed by atoms with Gasteiger partial charge in [0.1, 0.15) is 11.9 Å². The summed E-state index contributed by atoms with van der Waals surface area (Å²) in [5.74, 6) is 0. The fourth-order valence-corrected chi connectivity index (χ4v) is 3.04. The zero-order chi connectivity index (χ0) is 21.5. The van der Waals surface area contributed by atoms with Crippen LogP contribution in [-0.2, 0) is 14.2 Å². The first kappa shape index (κ1) is 21.8. The Morgan fingerprint density at radius 1 is 1.10 bits per heavy atom. The molecule has 0 aliphatic rings. The van der Waals surface area contributed by atoms with E-state index in [-0.39, 0.29) is 23.8 Å². The molecule has 0 spiro atoms. The van der Waals surface area contributed by atoms with Crippen molar-refractivity contribution < 1.29 is 18.9 Å². The molecule has 3 rings (SSSR count). The Morgan fingerprint density at radius 2 is 1.80 bits per heavy atom. The quantitative estimate of drug-likeness (QED) is 0.285. The third-order valence-corrected chi connectivity index (χ3v) is 4.60. The number of aromatic nitrogens is 4. The lowest BCUT2D eigenvalue weighted by Gasteiger charge is -2.22. The van der Waals surface area contributed by atoms with Crippen molar-refractivity contribution in [2.75, 3.05) is 19.8 Å². The number of benzene rings is 1. The van der Waals surface area contributed by atoms with E-state index in [2.05, 4.69) is 9.97 Å². The molecular weight excluding hydrogens is 388 g/mol. The molecule has 2 aromatic heterocycles. The van der Waals surface area contributed by atoms with Gasteiger partial charge in [-0.15, -0.1) is 0 Å². The summed E-state index contributed by atoms with van der Waals surface area (Å²) in [5.41, 5.74) is 0.742. The molecule has 9 nitrogen and oxygen atoms in total. The summed E-state index contributed by atoms with van der Waals surface area (Å²) in [6, 6.07) is 8.89. The molecule has 0 saturated heterocycles. The van der Waals surface area contributed by atoms with E-state index in [1.54, 1.807) is 0 Å². The van der Waals surface area contributed by atoms with Gasteiger partial charge >= 0.3 is 5.65 Å². The minimum Gasteiger partial charge on any atom is -0.710 e. The maximum atomic E-state index is 13.2. The highest BCUT2D eigenvalue weighted by atomic mass is 16.8. The van der Waals surface area contributed by atoms with Crippen LogP contribution in [0.3, 0.4) is 0 Å². The monoisotopic (exact) mass is 414 g/mol. The highest BCUT2D eigenvalue weighted by Crippen LogP contribution is 2.17. The molecule has 160 valence electrons. The Kier molecular flexibility index (Phi) is 7.45. The molecular formula is C21H26N4O5. The van der Waals surface area contributed by atoms with E-state index >= 15 is 0 Å². The summed E-state index contributed by atoms with van der Waals surface area (Å²) in [5, 5.41) is 12.4. The Balaban J connectivity index is 1.95. The van der Waals surface area contributed by atoms with E-state index in [0.29, 0.717) is 30.1 Å². The van der Waals surface area contributed by atoms with Crippen LogP contribution >= 0.6 is 0 Å². The van der Waals surface area contributed by atoms with Crippen molar-refractivity contribution in [1.82, 2.24) is 14.5 Å². The lowest BCUT2D eigenvalue weighted by molar-refractivity contribution is -0.579. The Labute approximate surface area is 174 Å². The maximum Gasteiger partial charge on any atom is 0.359 e. The highest BCUT2D eigenvalue weighted by molar-refractivity contribution is 5.69. The first-order valence-electron chi connectivity index (χ1n) is 10.00. The summed E-state index contributed by atoms with van der Waals surface area (Å²) < 4.78 is 18.5. The van der Waals surface area contributed by atoms with Crippen LogP contribution in [-0.4, -0.2) is 40.8 Å². The topological polar surface area (TPSA) is 102 Å². The second-order valence-corrected chi connectivity index (χ2v) is 6.54. The van der Waals surface area contributed by atoms with E-state index in [9.17, 15) is 10.0 Å². The molecule has 0 N–H and O–H groups in total. The van der Waals surface area contributed by atoms with Gasteiger partial charge in [0.2, 0.25) is 11.8 Å². The van der Waals surface area contributed by atoms with Crippen LogP contribution in [0.2, 0.25) is 0 Å². The second kappa shape index (κ2) is 10.2. The number of ether oxygens (including phenoxy) is 3. The van der Waals surface area contributed by atoms with E-state index in [1.165, 1.54) is 17.1 Å². The molecule has 1 atom stereocenters. The minimum absolute atomic E-state index is 0.0125. The van der Waals surface area contributed by atoms with Gasteiger partial charge in [-0.25, -0.2) is 9.71 Å². The molecule has 1 unspecified atom stereocenters. The van der Waals surface area contributed by atoms with Crippen molar-refractivity contribution in [2.45, 2.75) is 39.7 Å². The van der Waals surface area contributed by atoms with Crippen LogP contribution in [0.25, 0.3) is 22.4 Å². The fourth-order valence-electron chi connectivity index (χ4n) is 3.04. The SMILES string of the molecule is CCOC(OCC)OCC(CC)n1cnc2c(nc(-c3ccccc3)c[n+]2[O-])c1=O. The highest BCUT2D eigenvalue weighted by Gasteiger charge is 2.21. The van der Waals surface area contributed by atoms with Crippen molar-refractivity contribution >= 4 is 11.2 Å². The molecule has 0 aliphatic carbocycles. The first-order chi connectivity index (χ1) is 14.6. The summed E-state index contributed by atoms with van der Waals surface area (Å²) >= 11 is 0. The van der Waals surface area contributed by atoms with Crippen LogP contribution in [0.1, 0.15) is 33.2 Å². The largest absolute Gasteiger partial charge is 0.710 e. The van der Waals surface area contributed by atoms with Crippen molar-refractivity contribution in [3.63, 3.8) is 0 Å². The molecule has 1 aromatic carbocycles. The van der Waals surface area contributed by atoms with Crippen LogP contribution in [0.15, 0.2) is 47.7 Å². The smallest absolute Gasteiger partial charge is 0.359 e. The average Bonchev–Trinajstić information content (AvgIpc) is 2.76. The predicted octanol–water partition coefficient (Wildman–Crippen LogP) is 2.42. The number of hydrogen-bond donors (Lipinski definition) is 0. The zero-order valence-electron chi connectivity index (χ0n) is 17.4. The lowest BCUT2D eigenvalue weighted by atomic mass is 10.1. The lowest BCUT2D eigenvalue weighted by Crippen LogP contribution is -2.35. The molecule has 2 heterocycles. The molecule has 0 radical (unpaired) electrons. The van der Waals surface area contributed by atoms with Crippen molar-refractivity contribution in [3.8, 4) is 11.3 Å². The van der Waals surface area contributed by atoms with Crippen molar-refractivity contribution in [2.24, 2.45) is 0 Å². The van der Waals surface area contributed by atoms with Crippen LogP contribution in [0, 0.1) is 5.21 Å². The van der Waals surface area contributed by atoms with Crippen LogP contribution in [0.5, 0.6) is 0 Å². The van der Waals surface area contributed by atoms with Crippen molar-refractivity contribution in [3.05, 3.63) is 58.4 Å². The number of fused-ring (bicyclic) bond motifs is 1. The standard InChI is InChI=1S/C21H26N4O5/c1-4-16(13-30-21(28-5-2)29-6-3)24-14-22-19-18(20(24)26)23-17(12-25(19)27)15-10-8-7-9-11-15/h7-12,14,16,21H,4-6,13H2,1-3H3. The summed E-state index contributed by atoms with van der Waals surface area (Å²) in [6.07, 6.45) is 3.29. The number of hydrogen-bond acceptors (Lipinski definition) is 7. The third kappa shape index (κ3) is 4.81. The van der Waals surface area contributed by atoms with Gasteiger partial charge in [0.15, 0.2) is 0 Å². The summed E-state index contributed by atoms with van der Waals surface area (Å²) in [7, 11) is 0. The van der Waals surface area contributed by atoms with Gasteiger partial charge < -0.3 is 19.4 Å². The number of nitrogens with zero attached hydrogens (tertiary/aromatic N) is 4. The number of rotatable bonds is 10. The first-order valence-corrected chi connectivity index (χ1v) is 10.00. The average molecular weight is 414 g/mol. The predicted molar refractivity (Wildman–Crippen MR) is 111 cm³/mol. The molecule has 9 heteroatoms. The van der Waals surface area contributed by atoms with Crippen LogP contribution in [0.4, 0.5) is 0 Å². The molecule has 0 bridgehead atoms. The second-order valence-electron chi connectivity index (χ2n) is 6.54. The van der Waals surface area contributed by atoms with Gasteiger partial charge in [-0.3, -0.25) is 9.36 Å². The van der Waals surface area contributed by atoms with E-state index in [0.717, 1.165) is 5.56 Å². The Bertz CT molecular complexity index is 1020. The van der Waals surface area contributed by atoms with E-state index in [1.807, 2.05) is 51.1 Å². The van der Waals surface area contributed by atoms with Gasteiger partial charge in [-0.1, -0.05) is 37.3 Å². The molecule has 0 aliphatic heterocycles. The maximum absolute atomic E-state index is 13.2. The summed E-state index contributed by atoms with van der Waals surface area (Å²) in [4.78, 5) is 21.8. The Morgan fingerprint density at radius 3 is 2.43 bits per heavy atom. The normalized spacial score (nSPS) is 12.5. The zero-order valence-corrected chi connectivity index (χ0v) is 17.4.